The molecule has 0 atom stereocenters. The van der Waals surface area contributed by atoms with E-state index in [1.807, 2.05) is 25.1 Å². The molecule has 0 unspecified atom stereocenters. The first-order valence-corrected chi connectivity index (χ1v) is 3.20. The van der Waals surface area contributed by atoms with Crippen molar-refractivity contribution < 1.29 is 37.4 Å². The summed E-state index contributed by atoms with van der Waals surface area (Å²) in [6.07, 6.45) is 0. The maximum Gasteiger partial charge on any atom is 3.00 e. The SMILES string of the molecule is [CH2-]c1ccc(C)cc1OC.[Y+3]. The molecule has 0 aliphatic carbocycles. The minimum absolute atomic E-state index is 0. The summed E-state index contributed by atoms with van der Waals surface area (Å²) in [7, 11) is 1.66. The van der Waals surface area contributed by atoms with Crippen molar-refractivity contribution in [2.24, 2.45) is 0 Å². The normalized spacial score (nSPS) is 8.55. The second-order valence-corrected chi connectivity index (χ2v) is 2.32. The maximum atomic E-state index is 5.06. The summed E-state index contributed by atoms with van der Waals surface area (Å²) in [5.41, 5.74) is 2.14. The minimum Gasteiger partial charge on any atom is -0.554 e. The zero-order valence-electron chi connectivity index (χ0n) is 6.92. The van der Waals surface area contributed by atoms with Crippen molar-refractivity contribution in [2.45, 2.75) is 6.92 Å². The summed E-state index contributed by atoms with van der Waals surface area (Å²) in [6, 6.07) is 5.95. The Kier molecular flexibility index (Phi) is 4.79. The molecule has 11 heavy (non-hydrogen) atoms. The molecule has 0 spiro atoms. The zero-order valence-corrected chi connectivity index (χ0v) is 9.76. The van der Waals surface area contributed by atoms with Crippen molar-refractivity contribution in [1.82, 2.24) is 0 Å². The summed E-state index contributed by atoms with van der Waals surface area (Å²) in [5, 5.41) is 0. The fraction of sp³-hybridized carbons (Fsp3) is 0.222. The Balaban J connectivity index is 0.000001000. The number of aryl methyl sites for hydroxylation is 1. The van der Waals surface area contributed by atoms with Gasteiger partial charge in [-0.15, -0.1) is 6.07 Å². The molecule has 1 rings (SSSR count). The number of rotatable bonds is 1. The van der Waals surface area contributed by atoms with Crippen LogP contribution in [0.3, 0.4) is 0 Å². The second-order valence-electron chi connectivity index (χ2n) is 2.32. The summed E-state index contributed by atoms with van der Waals surface area (Å²) >= 11 is 0. The van der Waals surface area contributed by atoms with Crippen LogP contribution in [0, 0.1) is 13.8 Å². The standard InChI is InChI=1S/C9H11O.Y/c1-7-4-5-8(2)9(6-7)10-3;/h4-6H,2H2,1,3H3;/q-1;+3. The van der Waals surface area contributed by atoms with E-state index >= 15 is 0 Å². The number of ether oxygens (including phenoxy) is 1. The van der Waals surface area contributed by atoms with Crippen molar-refractivity contribution in [3.8, 4) is 5.75 Å². The summed E-state index contributed by atoms with van der Waals surface area (Å²) in [6.45, 7) is 5.84. The van der Waals surface area contributed by atoms with Gasteiger partial charge in [0.25, 0.3) is 0 Å². The van der Waals surface area contributed by atoms with Crippen molar-refractivity contribution >= 4 is 0 Å². The molecule has 0 amide bonds. The van der Waals surface area contributed by atoms with Gasteiger partial charge < -0.3 is 4.74 Å². The third kappa shape index (κ3) is 2.84. The van der Waals surface area contributed by atoms with Gasteiger partial charge in [0, 0.05) is 5.75 Å². The average Bonchev–Trinajstić information content (AvgIpc) is 1.94. The molecule has 0 fully saturated rings. The Hall–Kier alpha value is -0.00610. The van der Waals surface area contributed by atoms with Gasteiger partial charge in [0.1, 0.15) is 0 Å². The number of benzene rings is 1. The Morgan fingerprint density at radius 1 is 1.36 bits per heavy atom. The summed E-state index contributed by atoms with van der Waals surface area (Å²) in [4.78, 5) is 0. The van der Waals surface area contributed by atoms with Gasteiger partial charge in [0.05, 0.1) is 7.11 Å². The van der Waals surface area contributed by atoms with Crippen LogP contribution in [0.4, 0.5) is 0 Å². The molecule has 0 saturated heterocycles. The molecule has 0 aliphatic heterocycles. The Morgan fingerprint density at radius 2 is 2.00 bits per heavy atom. The van der Waals surface area contributed by atoms with Gasteiger partial charge in [-0.25, -0.2) is 0 Å². The van der Waals surface area contributed by atoms with Crippen molar-refractivity contribution in [3.63, 3.8) is 0 Å². The molecular formula is C9H11OY+2. The molecule has 0 N–H and O–H groups in total. The first-order chi connectivity index (χ1) is 4.74. The van der Waals surface area contributed by atoms with Crippen LogP contribution in [-0.4, -0.2) is 7.11 Å². The molecule has 0 radical (unpaired) electrons. The van der Waals surface area contributed by atoms with E-state index in [9.17, 15) is 0 Å². The second kappa shape index (κ2) is 4.79. The molecule has 1 nitrogen and oxygen atoms in total. The summed E-state index contributed by atoms with van der Waals surface area (Å²) in [5.74, 6) is 0.861. The first-order valence-electron chi connectivity index (χ1n) is 3.20. The van der Waals surface area contributed by atoms with Gasteiger partial charge in [-0.1, -0.05) is 11.6 Å². The van der Waals surface area contributed by atoms with E-state index in [1.54, 1.807) is 7.11 Å². The predicted octanol–water partition coefficient (Wildman–Crippen LogP) is 2.18. The van der Waals surface area contributed by atoms with Crippen molar-refractivity contribution in [3.05, 3.63) is 36.2 Å². The summed E-state index contributed by atoms with van der Waals surface area (Å²) < 4.78 is 5.06. The predicted molar refractivity (Wildman–Crippen MR) is 42.2 cm³/mol. The van der Waals surface area contributed by atoms with Crippen LogP contribution in [0.1, 0.15) is 11.1 Å². The Labute approximate surface area is 93.0 Å². The number of methoxy groups -OCH3 is 1. The third-order valence-corrected chi connectivity index (χ3v) is 1.44. The van der Waals surface area contributed by atoms with Crippen LogP contribution >= 0.6 is 0 Å². The van der Waals surface area contributed by atoms with Gasteiger partial charge in [0.2, 0.25) is 0 Å². The van der Waals surface area contributed by atoms with Crippen LogP contribution < -0.4 is 4.74 Å². The molecule has 0 saturated carbocycles. The fourth-order valence-corrected chi connectivity index (χ4v) is 0.852. The van der Waals surface area contributed by atoms with Gasteiger partial charge in [-0.05, 0) is 6.92 Å². The zero-order chi connectivity index (χ0) is 7.56. The smallest absolute Gasteiger partial charge is 0.554 e. The first kappa shape index (κ1) is 11.0. The molecule has 1 aromatic carbocycles. The molecular weight excluding hydrogens is 213 g/mol. The van der Waals surface area contributed by atoms with Crippen molar-refractivity contribution in [1.29, 1.82) is 0 Å². The molecule has 2 heteroatoms. The van der Waals surface area contributed by atoms with Gasteiger partial charge in [-0.2, -0.15) is 18.6 Å². The third-order valence-electron chi connectivity index (χ3n) is 1.44. The topological polar surface area (TPSA) is 9.23 Å². The fourth-order valence-electron chi connectivity index (χ4n) is 0.852. The van der Waals surface area contributed by atoms with E-state index in [0.717, 1.165) is 11.3 Å². The van der Waals surface area contributed by atoms with Gasteiger partial charge in [-0.3, -0.25) is 0 Å². The molecule has 0 bridgehead atoms. The van der Waals surface area contributed by atoms with Gasteiger partial charge >= 0.3 is 32.7 Å². The van der Waals surface area contributed by atoms with Crippen LogP contribution in [-0.2, 0) is 32.7 Å². The Bertz CT molecular complexity index is 233. The van der Waals surface area contributed by atoms with E-state index in [0.29, 0.717) is 0 Å². The van der Waals surface area contributed by atoms with E-state index in [2.05, 4.69) is 6.92 Å². The van der Waals surface area contributed by atoms with Crippen LogP contribution in [0.25, 0.3) is 0 Å². The monoisotopic (exact) mass is 224 g/mol. The van der Waals surface area contributed by atoms with E-state index in [1.165, 1.54) is 5.56 Å². The molecule has 1 aromatic rings. The molecule has 0 heterocycles. The Morgan fingerprint density at radius 3 is 2.45 bits per heavy atom. The van der Waals surface area contributed by atoms with E-state index < -0.39 is 0 Å². The van der Waals surface area contributed by atoms with E-state index in [-0.39, 0.29) is 32.7 Å². The molecule has 54 valence electrons. The van der Waals surface area contributed by atoms with E-state index in [4.69, 9.17) is 4.74 Å². The molecule has 0 aliphatic rings. The number of hydrogen-bond acceptors (Lipinski definition) is 1. The largest absolute Gasteiger partial charge is 3.00 e. The minimum atomic E-state index is 0. The van der Waals surface area contributed by atoms with Crippen molar-refractivity contribution in [2.75, 3.05) is 7.11 Å². The average molecular weight is 224 g/mol. The van der Waals surface area contributed by atoms with Crippen LogP contribution in [0.2, 0.25) is 0 Å². The van der Waals surface area contributed by atoms with Crippen LogP contribution in [0.5, 0.6) is 5.75 Å². The number of hydrogen-bond donors (Lipinski definition) is 0. The quantitative estimate of drug-likeness (QED) is 0.664. The van der Waals surface area contributed by atoms with Gasteiger partial charge in [0.15, 0.2) is 0 Å². The molecule has 0 aromatic heterocycles. The van der Waals surface area contributed by atoms with Crippen LogP contribution in [0.15, 0.2) is 18.2 Å². The maximum absolute atomic E-state index is 5.06.